The first-order chi connectivity index (χ1) is 9.79. The van der Waals surface area contributed by atoms with E-state index in [2.05, 4.69) is 51.6 Å². The minimum atomic E-state index is 0.158. The molecule has 104 valence electrons. The van der Waals surface area contributed by atoms with Gasteiger partial charge in [0.2, 0.25) is 0 Å². The summed E-state index contributed by atoms with van der Waals surface area (Å²) in [5, 5.41) is 3.56. The lowest BCUT2D eigenvalue weighted by Crippen LogP contribution is -2.22. The van der Waals surface area contributed by atoms with Crippen LogP contribution in [0.3, 0.4) is 0 Å². The lowest BCUT2D eigenvalue weighted by molar-refractivity contribution is 0.775. The minimum Gasteiger partial charge on any atom is -0.376 e. The molecule has 1 fully saturated rings. The van der Waals surface area contributed by atoms with Crippen LogP contribution in [0.2, 0.25) is 0 Å². The van der Waals surface area contributed by atoms with E-state index in [-0.39, 0.29) is 6.04 Å². The molecule has 0 aliphatic heterocycles. The van der Waals surface area contributed by atoms with Gasteiger partial charge in [0.1, 0.15) is 0 Å². The topological polar surface area (TPSA) is 38.0 Å². The van der Waals surface area contributed by atoms with Crippen LogP contribution in [0.15, 0.2) is 53.0 Å². The monoisotopic (exact) mass is 330 g/mol. The standard InChI is InChI=1S/C17H19BrN2/c18-15-7-3-4-8-16(15)20-17(11-19)14-6-2-1-5-13(14)12-9-10-12/h1-8,12,17,20H,9-11,19H2. The molecule has 2 nitrogen and oxygen atoms in total. The number of nitrogens with one attached hydrogen (secondary N) is 1. The van der Waals surface area contributed by atoms with Crippen LogP contribution in [-0.2, 0) is 0 Å². The molecular formula is C17H19BrN2. The van der Waals surface area contributed by atoms with Gasteiger partial charge in [0.25, 0.3) is 0 Å². The predicted molar refractivity (Wildman–Crippen MR) is 88.0 cm³/mol. The van der Waals surface area contributed by atoms with Crippen molar-refractivity contribution < 1.29 is 0 Å². The van der Waals surface area contributed by atoms with Gasteiger partial charge in [-0.1, -0.05) is 36.4 Å². The highest BCUT2D eigenvalue weighted by Gasteiger charge is 2.27. The van der Waals surface area contributed by atoms with Gasteiger partial charge in [0.05, 0.1) is 6.04 Å². The van der Waals surface area contributed by atoms with Gasteiger partial charge in [-0.2, -0.15) is 0 Å². The van der Waals surface area contributed by atoms with Gasteiger partial charge in [-0.3, -0.25) is 0 Å². The summed E-state index contributed by atoms with van der Waals surface area (Å²) >= 11 is 3.58. The molecule has 0 aromatic heterocycles. The number of benzene rings is 2. The number of anilines is 1. The lowest BCUT2D eigenvalue weighted by atomic mass is 9.97. The highest BCUT2D eigenvalue weighted by atomic mass is 79.9. The average molecular weight is 331 g/mol. The number of hydrogen-bond donors (Lipinski definition) is 2. The smallest absolute Gasteiger partial charge is 0.0639 e. The van der Waals surface area contributed by atoms with Crippen LogP contribution in [-0.4, -0.2) is 6.54 Å². The zero-order valence-corrected chi connectivity index (χ0v) is 12.9. The third kappa shape index (κ3) is 2.89. The van der Waals surface area contributed by atoms with Crippen molar-refractivity contribution in [3.05, 3.63) is 64.1 Å². The van der Waals surface area contributed by atoms with Crippen molar-refractivity contribution in [1.29, 1.82) is 0 Å². The quantitative estimate of drug-likeness (QED) is 0.850. The van der Waals surface area contributed by atoms with Crippen LogP contribution >= 0.6 is 15.9 Å². The first-order valence-corrected chi connectivity index (χ1v) is 7.89. The third-order valence-corrected chi connectivity index (χ3v) is 4.52. The SMILES string of the molecule is NCC(Nc1ccccc1Br)c1ccccc1C1CC1. The molecule has 1 atom stereocenters. The zero-order valence-electron chi connectivity index (χ0n) is 11.4. The second-order valence-corrected chi connectivity index (χ2v) is 6.17. The third-order valence-electron chi connectivity index (χ3n) is 3.83. The Morgan fingerprint density at radius 3 is 2.50 bits per heavy atom. The Bertz CT molecular complexity index is 593. The molecule has 0 saturated heterocycles. The van der Waals surface area contributed by atoms with Gasteiger partial charge in [-0.05, 0) is 57.9 Å². The van der Waals surface area contributed by atoms with Crippen molar-refractivity contribution in [1.82, 2.24) is 0 Å². The predicted octanol–water partition coefficient (Wildman–Crippen LogP) is 4.44. The molecule has 0 amide bonds. The van der Waals surface area contributed by atoms with Gasteiger partial charge in [0, 0.05) is 16.7 Å². The van der Waals surface area contributed by atoms with E-state index in [1.807, 2.05) is 18.2 Å². The molecule has 20 heavy (non-hydrogen) atoms. The van der Waals surface area contributed by atoms with E-state index in [1.165, 1.54) is 24.0 Å². The van der Waals surface area contributed by atoms with E-state index in [9.17, 15) is 0 Å². The molecule has 3 N–H and O–H groups in total. The van der Waals surface area contributed by atoms with Crippen molar-refractivity contribution in [2.24, 2.45) is 5.73 Å². The summed E-state index contributed by atoms with van der Waals surface area (Å²) in [7, 11) is 0. The first kappa shape index (κ1) is 13.7. The van der Waals surface area contributed by atoms with Crippen LogP contribution in [0.25, 0.3) is 0 Å². The number of hydrogen-bond acceptors (Lipinski definition) is 2. The molecule has 2 aromatic carbocycles. The zero-order chi connectivity index (χ0) is 13.9. The van der Waals surface area contributed by atoms with E-state index in [4.69, 9.17) is 5.73 Å². The maximum atomic E-state index is 6.01. The summed E-state index contributed by atoms with van der Waals surface area (Å²) < 4.78 is 1.07. The first-order valence-electron chi connectivity index (χ1n) is 7.09. The molecule has 2 aromatic rings. The maximum Gasteiger partial charge on any atom is 0.0639 e. The summed E-state index contributed by atoms with van der Waals surface area (Å²) in [6.07, 6.45) is 2.62. The molecule has 1 saturated carbocycles. The number of nitrogens with two attached hydrogens (primary N) is 1. The Labute approximate surface area is 128 Å². The summed E-state index contributed by atoms with van der Waals surface area (Å²) in [6, 6.07) is 17.0. The van der Waals surface area contributed by atoms with Crippen LogP contribution in [0.1, 0.15) is 35.9 Å². The fraction of sp³-hybridized carbons (Fsp3) is 0.294. The highest BCUT2D eigenvalue weighted by molar-refractivity contribution is 9.10. The molecule has 3 rings (SSSR count). The normalized spacial score (nSPS) is 15.9. The van der Waals surface area contributed by atoms with Crippen molar-refractivity contribution in [3.8, 4) is 0 Å². The summed E-state index contributed by atoms with van der Waals surface area (Å²) in [6.45, 7) is 0.588. The molecular weight excluding hydrogens is 312 g/mol. The minimum absolute atomic E-state index is 0.158. The van der Waals surface area contributed by atoms with Gasteiger partial charge >= 0.3 is 0 Å². The molecule has 1 aliphatic carbocycles. The van der Waals surface area contributed by atoms with Gasteiger partial charge in [-0.15, -0.1) is 0 Å². The van der Waals surface area contributed by atoms with E-state index in [1.54, 1.807) is 0 Å². The Kier molecular flexibility index (Phi) is 4.08. The Morgan fingerprint density at radius 1 is 1.10 bits per heavy atom. The largest absolute Gasteiger partial charge is 0.376 e. The lowest BCUT2D eigenvalue weighted by Gasteiger charge is -2.22. The van der Waals surface area contributed by atoms with Crippen LogP contribution in [0.5, 0.6) is 0 Å². The van der Waals surface area contributed by atoms with Gasteiger partial charge < -0.3 is 11.1 Å². The van der Waals surface area contributed by atoms with E-state index >= 15 is 0 Å². The van der Waals surface area contributed by atoms with Crippen LogP contribution < -0.4 is 11.1 Å². The second-order valence-electron chi connectivity index (χ2n) is 5.32. The summed E-state index contributed by atoms with van der Waals surface area (Å²) in [4.78, 5) is 0. The van der Waals surface area contributed by atoms with Gasteiger partial charge in [0.15, 0.2) is 0 Å². The van der Waals surface area contributed by atoms with Crippen LogP contribution in [0.4, 0.5) is 5.69 Å². The molecule has 0 spiro atoms. The fourth-order valence-electron chi connectivity index (χ4n) is 2.62. The Morgan fingerprint density at radius 2 is 1.80 bits per heavy atom. The number of para-hydroxylation sites is 1. The van der Waals surface area contributed by atoms with E-state index in [0.29, 0.717) is 6.54 Å². The molecule has 1 aliphatic rings. The average Bonchev–Trinajstić information content (AvgIpc) is 3.31. The molecule has 0 bridgehead atoms. The second kappa shape index (κ2) is 5.98. The Hall–Kier alpha value is -1.32. The van der Waals surface area contributed by atoms with Crippen molar-refractivity contribution in [3.63, 3.8) is 0 Å². The fourth-order valence-corrected chi connectivity index (χ4v) is 3.02. The summed E-state index contributed by atoms with van der Waals surface area (Å²) in [5.41, 5.74) is 9.91. The summed E-state index contributed by atoms with van der Waals surface area (Å²) in [5.74, 6) is 0.737. The highest BCUT2D eigenvalue weighted by Crippen LogP contribution is 2.43. The molecule has 0 radical (unpaired) electrons. The molecule has 3 heteroatoms. The van der Waals surface area contributed by atoms with E-state index in [0.717, 1.165) is 16.1 Å². The van der Waals surface area contributed by atoms with Crippen molar-refractivity contribution >= 4 is 21.6 Å². The number of halogens is 1. The molecule has 0 heterocycles. The number of rotatable bonds is 5. The Balaban J connectivity index is 1.89. The molecule has 1 unspecified atom stereocenters. The van der Waals surface area contributed by atoms with Crippen molar-refractivity contribution in [2.45, 2.75) is 24.8 Å². The maximum absolute atomic E-state index is 6.01. The van der Waals surface area contributed by atoms with Gasteiger partial charge in [-0.25, -0.2) is 0 Å². The van der Waals surface area contributed by atoms with E-state index < -0.39 is 0 Å². The van der Waals surface area contributed by atoms with Crippen molar-refractivity contribution in [2.75, 3.05) is 11.9 Å². The van der Waals surface area contributed by atoms with Crippen LogP contribution in [0, 0.1) is 0 Å².